The van der Waals surface area contributed by atoms with E-state index in [0.29, 0.717) is 46.8 Å². The molecule has 4 aromatic rings. The monoisotopic (exact) mass is 996 g/mol. The van der Waals surface area contributed by atoms with E-state index in [-0.39, 0.29) is 27.2 Å². The van der Waals surface area contributed by atoms with Gasteiger partial charge in [0.1, 0.15) is 11.6 Å². The van der Waals surface area contributed by atoms with Gasteiger partial charge in [-0.2, -0.15) is 26.3 Å². The third-order valence-electron chi connectivity index (χ3n) is 11.7. The van der Waals surface area contributed by atoms with Crippen molar-refractivity contribution in [3.63, 3.8) is 0 Å². The molecule has 3 aliphatic heterocycles. The third-order valence-corrected chi connectivity index (χ3v) is 13.7. The molecule has 19 heteroatoms. The first-order valence-corrected chi connectivity index (χ1v) is 24.6. The van der Waals surface area contributed by atoms with Crippen LogP contribution in [-0.2, 0) is 52.5 Å². The number of aliphatic hydroxyl groups is 1. The quantitative estimate of drug-likeness (QED) is 0.0737. The summed E-state index contributed by atoms with van der Waals surface area (Å²) >= 11 is 2.02. The summed E-state index contributed by atoms with van der Waals surface area (Å²) in [5, 5.41) is 9.41. The van der Waals surface area contributed by atoms with E-state index in [0.717, 1.165) is 135 Å². The Kier molecular flexibility index (Phi) is 18.1. The number of ketones is 2. The molecule has 1 N–H and O–H groups in total. The predicted molar refractivity (Wildman–Crippen MR) is 251 cm³/mol. The molecule has 0 amide bonds. The molecule has 3 fully saturated rings. The Labute approximate surface area is 401 Å². The highest BCUT2D eigenvalue weighted by Gasteiger charge is 2.38. The lowest BCUT2D eigenvalue weighted by Gasteiger charge is -2.26. The van der Waals surface area contributed by atoms with Crippen LogP contribution < -0.4 is 0 Å². The number of imidazole rings is 2. The van der Waals surface area contributed by atoms with Crippen molar-refractivity contribution in [2.45, 2.75) is 139 Å². The molecule has 0 spiro atoms. The van der Waals surface area contributed by atoms with Crippen LogP contribution in [0.1, 0.15) is 98.1 Å². The van der Waals surface area contributed by atoms with Crippen molar-refractivity contribution in [2.24, 2.45) is 11.8 Å². The molecule has 3 aliphatic rings. The van der Waals surface area contributed by atoms with Gasteiger partial charge >= 0.3 is 12.4 Å². The maximum atomic E-state index is 13.0. The van der Waals surface area contributed by atoms with Crippen LogP contribution in [0.25, 0.3) is 22.1 Å². The number of thioether (sulfide) groups is 2. The van der Waals surface area contributed by atoms with Gasteiger partial charge in [0.25, 0.3) is 11.6 Å². The maximum absolute atomic E-state index is 13.0. The number of hydrogen-bond acceptors (Lipinski definition) is 11. The van der Waals surface area contributed by atoms with Crippen molar-refractivity contribution in [3.8, 4) is 0 Å². The van der Waals surface area contributed by atoms with Gasteiger partial charge in [-0.3, -0.25) is 9.59 Å². The number of aromatic nitrogens is 4. The molecule has 0 radical (unpaired) electrons. The minimum atomic E-state index is -4.96. The van der Waals surface area contributed by atoms with Gasteiger partial charge in [0.15, 0.2) is 6.29 Å². The highest BCUT2D eigenvalue weighted by Crippen LogP contribution is 2.37. The second-order valence-corrected chi connectivity index (χ2v) is 21.8. The summed E-state index contributed by atoms with van der Waals surface area (Å²) in [4.78, 5) is 34.2. The minimum absolute atomic E-state index is 0.0700. The van der Waals surface area contributed by atoms with Gasteiger partial charge in [-0.05, 0) is 93.2 Å². The highest BCUT2D eigenvalue weighted by atomic mass is 32.2. The van der Waals surface area contributed by atoms with Crippen LogP contribution >= 0.6 is 23.5 Å². The summed E-state index contributed by atoms with van der Waals surface area (Å²) in [7, 11) is 0. The van der Waals surface area contributed by atoms with Gasteiger partial charge in [-0.25, -0.2) is 9.97 Å². The average Bonchev–Trinajstić information content (AvgIpc) is 3.84. The molecule has 7 rings (SSSR count). The number of aliphatic hydroxyl groups excluding tert-OH is 1. The van der Waals surface area contributed by atoms with Crippen molar-refractivity contribution < 1.29 is 60.0 Å². The summed E-state index contributed by atoms with van der Waals surface area (Å²) in [6.07, 6.45) is -2.77. The topological polar surface area (TPSA) is 127 Å². The smallest absolute Gasteiger partial charge is 0.391 e. The molecule has 0 aliphatic carbocycles. The molecular formula is C49H62F6N4O7S2. The Bertz CT molecular complexity index is 2420. The van der Waals surface area contributed by atoms with Crippen molar-refractivity contribution in [3.05, 3.63) is 70.0 Å². The van der Waals surface area contributed by atoms with Gasteiger partial charge in [0.2, 0.25) is 0 Å². The lowest BCUT2D eigenvalue weighted by molar-refractivity contribution is -0.165. The van der Waals surface area contributed by atoms with E-state index in [1.165, 1.54) is 0 Å². The molecular weight excluding hydrogens is 935 g/mol. The minimum Gasteiger partial charge on any atom is -0.391 e. The summed E-state index contributed by atoms with van der Waals surface area (Å²) in [5.41, 5.74) is 3.09. The van der Waals surface area contributed by atoms with Crippen LogP contribution in [0.4, 0.5) is 26.3 Å². The fraction of sp³-hybridized carbons (Fsp3) is 0.592. The summed E-state index contributed by atoms with van der Waals surface area (Å²) in [5.74, 6) is -0.971. The molecule has 2 aromatic carbocycles. The van der Waals surface area contributed by atoms with Crippen molar-refractivity contribution >= 4 is 57.2 Å². The number of halogens is 6. The molecule has 374 valence electrons. The number of carbonyl (C=O) groups excluding carboxylic acids is 2. The number of rotatable bonds is 14. The number of benzene rings is 2. The summed E-state index contributed by atoms with van der Waals surface area (Å²) < 4.78 is 103. The van der Waals surface area contributed by atoms with Crippen LogP contribution in [0, 0.1) is 11.8 Å². The molecule has 68 heavy (non-hydrogen) atoms. The Morgan fingerprint density at radius 3 is 1.51 bits per heavy atom. The van der Waals surface area contributed by atoms with Crippen LogP contribution in [0.2, 0.25) is 0 Å². The second-order valence-electron chi connectivity index (χ2n) is 19.4. The van der Waals surface area contributed by atoms with Crippen LogP contribution in [0.5, 0.6) is 0 Å². The standard InChI is InChI=1S/C27H35F3N2O4S.C22H27F3N2O3S/c1-26(2,3)25-31-21-14-19(7-8-22(21)32(25)16-18-9-12-34-13-10-18)37-20(15-23(33)27(28,29)30)17-36-24-6-4-5-11-35-24;1-21(2,3)20-26-17-10-15(31-16(13-28)11-19(29)22(23,24)25)4-5-18(17)27(20)12-14-6-8-30-9-7-14/h7-8,14-15,18,24H,4-6,9-13,16-17H2,1-3H3;4-5,10-11,14,28H,6-9,12-13H2,1-3H3/b20-15-;16-11-. The molecule has 1 unspecified atom stereocenters. The molecule has 1 atom stereocenters. The lowest BCUT2D eigenvalue weighted by atomic mass is 9.94. The molecule has 0 saturated carbocycles. The van der Waals surface area contributed by atoms with Gasteiger partial charge in [-0.15, -0.1) is 0 Å². The van der Waals surface area contributed by atoms with E-state index < -0.39 is 36.8 Å². The first-order chi connectivity index (χ1) is 32.0. The van der Waals surface area contributed by atoms with Crippen LogP contribution in [0.15, 0.2) is 68.2 Å². The van der Waals surface area contributed by atoms with E-state index >= 15 is 0 Å². The van der Waals surface area contributed by atoms with Crippen molar-refractivity contribution in [1.82, 2.24) is 19.1 Å². The Balaban J connectivity index is 0.000000228. The Morgan fingerprint density at radius 2 is 1.12 bits per heavy atom. The van der Waals surface area contributed by atoms with E-state index in [9.17, 15) is 41.0 Å². The van der Waals surface area contributed by atoms with Gasteiger partial charge in [-0.1, -0.05) is 65.1 Å². The van der Waals surface area contributed by atoms with E-state index in [4.69, 9.17) is 28.9 Å². The van der Waals surface area contributed by atoms with Crippen molar-refractivity contribution in [2.75, 3.05) is 46.2 Å². The zero-order valence-corrected chi connectivity index (χ0v) is 41.1. The Hall–Kier alpha value is -3.72. The second kappa shape index (κ2) is 23.0. The fourth-order valence-corrected chi connectivity index (χ4v) is 9.96. The SMILES string of the molecule is CC(C)(C)c1nc2cc(S/C(=C\C(=O)C(F)(F)F)CO)ccc2n1CC1CCOCC1.CC(C)(C)c1nc2cc(S/C(=C\C(=O)C(F)(F)F)COC3CCCCO3)ccc2n1CC1CCOCC1. The van der Waals surface area contributed by atoms with E-state index in [2.05, 4.69) is 50.7 Å². The predicted octanol–water partition coefficient (Wildman–Crippen LogP) is 11.3. The first-order valence-electron chi connectivity index (χ1n) is 23.0. The summed E-state index contributed by atoms with van der Waals surface area (Å²) in [6.45, 7) is 17.2. The van der Waals surface area contributed by atoms with E-state index in [1.54, 1.807) is 12.1 Å². The zero-order chi connectivity index (χ0) is 49.4. The van der Waals surface area contributed by atoms with Gasteiger partial charge < -0.3 is 33.2 Å². The third kappa shape index (κ3) is 14.9. The molecule has 11 nitrogen and oxygen atoms in total. The van der Waals surface area contributed by atoms with E-state index in [1.807, 2.05) is 24.3 Å². The van der Waals surface area contributed by atoms with Crippen LogP contribution in [-0.4, -0.2) is 101 Å². The average molecular weight is 997 g/mol. The summed E-state index contributed by atoms with van der Waals surface area (Å²) in [6, 6.07) is 11.2. The number of carbonyl (C=O) groups is 2. The van der Waals surface area contributed by atoms with Gasteiger partial charge in [0.05, 0.1) is 35.3 Å². The van der Waals surface area contributed by atoms with Crippen molar-refractivity contribution in [1.29, 1.82) is 0 Å². The maximum Gasteiger partial charge on any atom is 0.454 e. The number of allylic oxidation sites excluding steroid dienone is 2. The fourth-order valence-electron chi connectivity index (χ4n) is 8.22. The first kappa shape index (κ1) is 53.6. The number of alkyl halides is 6. The zero-order valence-electron chi connectivity index (χ0n) is 39.4. The molecule has 0 bridgehead atoms. The number of hydrogen-bond donors (Lipinski definition) is 1. The number of fused-ring (bicyclic) bond motifs is 2. The number of ether oxygens (including phenoxy) is 4. The largest absolute Gasteiger partial charge is 0.454 e. The normalized spacial score (nSPS) is 18.8. The molecule has 5 heterocycles. The Morgan fingerprint density at radius 1 is 0.676 bits per heavy atom. The highest BCUT2D eigenvalue weighted by molar-refractivity contribution is 8.03. The number of nitrogens with zero attached hydrogens (tertiary/aromatic N) is 4. The van der Waals surface area contributed by atoms with Crippen LogP contribution in [0.3, 0.4) is 0 Å². The van der Waals surface area contributed by atoms with Gasteiger partial charge in [0, 0.05) is 88.7 Å². The lowest BCUT2D eigenvalue weighted by Crippen LogP contribution is -2.25. The molecule has 3 saturated heterocycles. The molecule has 2 aromatic heterocycles.